The van der Waals surface area contributed by atoms with Crippen LogP contribution in [0.25, 0.3) is 0 Å². The molecule has 3 rings (SSSR count). The Labute approximate surface area is 181 Å². The highest BCUT2D eigenvalue weighted by molar-refractivity contribution is 6.33. The summed E-state index contributed by atoms with van der Waals surface area (Å²) in [6.45, 7) is 5.15. The number of para-hydroxylation sites is 1. The number of esters is 1. The molecule has 0 bridgehead atoms. The molecule has 1 aliphatic heterocycles. The summed E-state index contributed by atoms with van der Waals surface area (Å²) in [4.78, 5) is 39.6. The first-order chi connectivity index (χ1) is 14.3. The Bertz CT molecular complexity index is 960. The first kappa shape index (κ1) is 21.8. The summed E-state index contributed by atoms with van der Waals surface area (Å²) < 4.78 is 5.29. The summed E-state index contributed by atoms with van der Waals surface area (Å²) in [6.07, 6.45) is 0.762. The molecule has 0 aromatic heterocycles. The number of halogens is 1. The number of carbonyl (C=O) groups excluding carboxylic acids is 3. The molecule has 0 fully saturated rings. The molecular formula is C23H25ClN2O4. The highest BCUT2D eigenvalue weighted by atomic mass is 35.5. The Kier molecular flexibility index (Phi) is 6.77. The smallest absolute Gasteiger partial charge is 0.329 e. The van der Waals surface area contributed by atoms with E-state index in [0.717, 1.165) is 17.7 Å². The Morgan fingerprint density at radius 3 is 2.50 bits per heavy atom. The maximum Gasteiger partial charge on any atom is 0.329 e. The zero-order chi connectivity index (χ0) is 21.8. The lowest BCUT2D eigenvalue weighted by molar-refractivity contribution is -0.150. The number of hydrogen-bond donors (Lipinski definition) is 1. The monoisotopic (exact) mass is 428 g/mol. The average molecular weight is 429 g/mol. The second kappa shape index (κ2) is 9.30. The summed E-state index contributed by atoms with van der Waals surface area (Å²) in [6, 6.07) is 13.4. The molecule has 158 valence electrons. The lowest BCUT2D eigenvalue weighted by Gasteiger charge is -2.24. The maximum absolute atomic E-state index is 12.7. The van der Waals surface area contributed by atoms with Crippen LogP contribution < -0.4 is 10.2 Å². The van der Waals surface area contributed by atoms with Gasteiger partial charge in [-0.05, 0) is 43.0 Å². The summed E-state index contributed by atoms with van der Waals surface area (Å²) >= 11 is 6.06. The van der Waals surface area contributed by atoms with Crippen LogP contribution >= 0.6 is 11.6 Å². The highest BCUT2D eigenvalue weighted by Crippen LogP contribution is 2.31. The molecule has 2 aromatic rings. The lowest BCUT2D eigenvalue weighted by Crippen LogP contribution is -2.47. The SMILES string of the molecule is CC(C)[C@@H](NC(=O)c1ccccc1Cl)C(=O)OCC(=O)N1c2ccccc2CC1C. The molecule has 1 heterocycles. The van der Waals surface area contributed by atoms with Gasteiger partial charge in [0.2, 0.25) is 0 Å². The summed E-state index contributed by atoms with van der Waals surface area (Å²) in [5.74, 6) is -1.64. The van der Waals surface area contributed by atoms with Crippen molar-refractivity contribution in [3.8, 4) is 0 Å². The minimum atomic E-state index is -0.898. The number of benzene rings is 2. The van der Waals surface area contributed by atoms with Crippen LogP contribution in [0.15, 0.2) is 48.5 Å². The van der Waals surface area contributed by atoms with E-state index in [9.17, 15) is 14.4 Å². The number of nitrogens with zero attached hydrogens (tertiary/aromatic N) is 1. The van der Waals surface area contributed by atoms with E-state index in [-0.39, 0.29) is 30.0 Å². The van der Waals surface area contributed by atoms with E-state index in [1.807, 2.05) is 31.2 Å². The lowest BCUT2D eigenvalue weighted by atomic mass is 10.0. The number of amides is 2. The quantitative estimate of drug-likeness (QED) is 0.713. The predicted molar refractivity (Wildman–Crippen MR) is 116 cm³/mol. The number of carbonyl (C=O) groups is 3. The number of rotatable bonds is 6. The van der Waals surface area contributed by atoms with Gasteiger partial charge in [0.1, 0.15) is 6.04 Å². The summed E-state index contributed by atoms with van der Waals surface area (Å²) in [7, 11) is 0. The van der Waals surface area contributed by atoms with Crippen molar-refractivity contribution in [3.05, 3.63) is 64.7 Å². The zero-order valence-electron chi connectivity index (χ0n) is 17.2. The normalized spacial score (nSPS) is 16.2. The van der Waals surface area contributed by atoms with Crippen LogP contribution in [0, 0.1) is 5.92 Å². The van der Waals surface area contributed by atoms with Crippen molar-refractivity contribution in [2.75, 3.05) is 11.5 Å². The third-order valence-electron chi connectivity index (χ3n) is 5.14. The van der Waals surface area contributed by atoms with Crippen LogP contribution in [0.1, 0.15) is 36.7 Å². The van der Waals surface area contributed by atoms with Crippen molar-refractivity contribution in [2.24, 2.45) is 5.92 Å². The predicted octanol–water partition coefficient (Wildman–Crippen LogP) is 3.62. The molecule has 2 atom stereocenters. The Balaban J connectivity index is 1.64. The van der Waals surface area contributed by atoms with Crippen LogP contribution in [0.4, 0.5) is 5.69 Å². The van der Waals surface area contributed by atoms with E-state index in [1.54, 1.807) is 43.0 Å². The Hall–Kier alpha value is -2.86. The second-order valence-corrected chi connectivity index (χ2v) is 8.14. The molecule has 0 spiro atoms. The third-order valence-corrected chi connectivity index (χ3v) is 5.47. The van der Waals surface area contributed by atoms with Crippen LogP contribution in [0.2, 0.25) is 5.02 Å². The number of hydrogen-bond acceptors (Lipinski definition) is 4. The fourth-order valence-electron chi connectivity index (χ4n) is 3.60. The molecule has 6 nitrogen and oxygen atoms in total. The minimum Gasteiger partial charge on any atom is -0.454 e. The molecule has 0 saturated carbocycles. The van der Waals surface area contributed by atoms with Crippen molar-refractivity contribution in [2.45, 2.75) is 39.3 Å². The fraction of sp³-hybridized carbons (Fsp3) is 0.348. The third kappa shape index (κ3) is 4.65. The molecular weight excluding hydrogens is 404 g/mol. The number of fused-ring (bicyclic) bond motifs is 1. The molecule has 0 saturated heterocycles. The van der Waals surface area contributed by atoms with E-state index in [0.29, 0.717) is 5.02 Å². The number of nitrogens with one attached hydrogen (secondary N) is 1. The van der Waals surface area contributed by atoms with Gasteiger partial charge in [-0.2, -0.15) is 0 Å². The van der Waals surface area contributed by atoms with Crippen molar-refractivity contribution >= 4 is 35.1 Å². The van der Waals surface area contributed by atoms with E-state index >= 15 is 0 Å². The standard InChI is InChI=1S/C23H25ClN2O4/c1-14(2)21(25-22(28)17-9-5-6-10-18(17)24)23(29)30-13-20(27)26-15(3)12-16-8-4-7-11-19(16)26/h4-11,14-15,21H,12-13H2,1-3H3,(H,25,28)/t15?,21-/m1/s1. The van der Waals surface area contributed by atoms with Gasteiger partial charge in [-0.25, -0.2) is 4.79 Å². The van der Waals surface area contributed by atoms with E-state index < -0.39 is 17.9 Å². The zero-order valence-corrected chi connectivity index (χ0v) is 18.0. The van der Waals surface area contributed by atoms with Crippen molar-refractivity contribution in [1.82, 2.24) is 5.32 Å². The van der Waals surface area contributed by atoms with E-state index in [2.05, 4.69) is 5.32 Å². The molecule has 0 radical (unpaired) electrons. The van der Waals surface area contributed by atoms with Gasteiger partial charge < -0.3 is 15.0 Å². The maximum atomic E-state index is 12.7. The van der Waals surface area contributed by atoms with Crippen LogP contribution in [-0.2, 0) is 20.7 Å². The van der Waals surface area contributed by atoms with Crippen LogP contribution in [-0.4, -0.2) is 36.5 Å². The molecule has 7 heteroatoms. The summed E-state index contributed by atoms with van der Waals surface area (Å²) in [5.41, 5.74) is 2.21. The highest BCUT2D eigenvalue weighted by Gasteiger charge is 2.32. The molecule has 2 amide bonds. The van der Waals surface area contributed by atoms with Gasteiger partial charge in [0.25, 0.3) is 11.8 Å². The van der Waals surface area contributed by atoms with Gasteiger partial charge in [0.15, 0.2) is 6.61 Å². The Morgan fingerprint density at radius 1 is 1.13 bits per heavy atom. The first-order valence-electron chi connectivity index (χ1n) is 9.91. The average Bonchev–Trinajstić information content (AvgIpc) is 3.05. The van der Waals surface area contributed by atoms with E-state index in [1.165, 1.54) is 0 Å². The first-order valence-corrected chi connectivity index (χ1v) is 10.3. The molecule has 1 unspecified atom stereocenters. The minimum absolute atomic E-state index is 0.00516. The number of ether oxygens (including phenoxy) is 1. The van der Waals surface area contributed by atoms with E-state index in [4.69, 9.17) is 16.3 Å². The van der Waals surface area contributed by atoms with Gasteiger partial charge in [-0.3, -0.25) is 9.59 Å². The Morgan fingerprint density at radius 2 is 1.80 bits per heavy atom. The van der Waals surface area contributed by atoms with Gasteiger partial charge in [0.05, 0.1) is 10.6 Å². The van der Waals surface area contributed by atoms with Gasteiger partial charge >= 0.3 is 5.97 Å². The number of anilines is 1. The van der Waals surface area contributed by atoms with Crippen molar-refractivity contribution < 1.29 is 19.1 Å². The topological polar surface area (TPSA) is 75.7 Å². The molecule has 1 aliphatic rings. The second-order valence-electron chi connectivity index (χ2n) is 7.73. The van der Waals surface area contributed by atoms with Crippen LogP contribution in [0.5, 0.6) is 0 Å². The summed E-state index contributed by atoms with van der Waals surface area (Å²) in [5, 5.41) is 2.96. The molecule has 0 aliphatic carbocycles. The fourth-order valence-corrected chi connectivity index (χ4v) is 3.82. The van der Waals surface area contributed by atoms with Crippen molar-refractivity contribution in [3.63, 3.8) is 0 Å². The molecule has 2 aromatic carbocycles. The molecule has 1 N–H and O–H groups in total. The van der Waals surface area contributed by atoms with Crippen molar-refractivity contribution in [1.29, 1.82) is 0 Å². The molecule has 30 heavy (non-hydrogen) atoms. The van der Waals surface area contributed by atoms with Gasteiger partial charge in [0, 0.05) is 11.7 Å². The van der Waals surface area contributed by atoms with Crippen LogP contribution in [0.3, 0.4) is 0 Å². The largest absolute Gasteiger partial charge is 0.454 e. The van der Waals surface area contributed by atoms with Gasteiger partial charge in [-0.15, -0.1) is 0 Å². The van der Waals surface area contributed by atoms with Gasteiger partial charge in [-0.1, -0.05) is 55.8 Å².